The molecule has 2 aromatic rings. The molecule has 2 N–H and O–H groups in total. The van der Waals surface area contributed by atoms with Crippen LogP contribution in [0.25, 0.3) is 0 Å². The maximum absolute atomic E-state index is 12.6. The van der Waals surface area contributed by atoms with Crippen molar-refractivity contribution >= 4 is 17.4 Å². The van der Waals surface area contributed by atoms with Crippen LogP contribution >= 0.6 is 0 Å². The second kappa shape index (κ2) is 5.83. The predicted octanol–water partition coefficient (Wildman–Crippen LogP) is 1.92. The van der Waals surface area contributed by atoms with Crippen molar-refractivity contribution in [2.24, 2.45) is 0 Å². The molecule has 1 unspecified atom stereocenters. The van der Waals surface area contributed by atoms with E-state index in [9.17, 15) is 20.0 Å². The third kappa shape index (κ3) is 2.30. The molecule has 2 aliphatic rings. The number of nitro benzene ring substituents is 1. The van der Waals surface area contributed by atoms with Crippen molar-refractivity contribution in [3.8, 4) is 11.5 Å². The molecule has 10 nitrogen and oxygen atoms in total. The summed E-state index contributed by atoms with van der Waals surface area (Å²) in [5.74, 6) is -0.185. The fourth-order valence-electron chi connectivity index (χ4n) is 3.47. The summed E-state index contributed by atoms with van der Waals surface area (Å²) in [5, 5.41) is 28.7. The Morgan fingerprint density at radius 3 is 2.96 bits per heavy atom. The number of hydrogen-bond acceptors (Lipinski definition) is 8. The van der Waals surface area contributed by atoms with Crippen LogP contribution in [0, 0.1) is 10.1 Å². The van der Waals surface area contributed by atoms with Crippen LogP contribution in [-0.4, -0.2) is 37.7 Å². The van der Waals surface area contributed by atoms with Crippen molar-refractivity contribution < 1.29 is 19.6 Å². The minimum Gasteiger partial charge on any atom is -0.500 e. The van der Waals surface area contributed by atoms with Crippen LogP contribution < -0.4 is 10.1 Å². The molecule has 1 aliphatic carbocycles. The molecule has 0 fully saturated rings. The van der Waals surface area contributed by atoms with Gasteiger partial charge in [0.25, 0.3) is 0 Å². The highest BCUT2D eigenvalue weighted by Gasteiger charge is 2.37. The number of carbonyl (C=O) groups is 1. The van der Waals surface area contributed by atoms with Crippen LogP contribution in [0.1, 0.15) is 30.9 Å². The lowest BCUT2D eigenvalue weighted by Crippen LogP contribution is -2.31. The highest BCUT2D eigenvalue weighted by molar-refractivity contribution is 5.99. The number of methoxy groups -OCH3 is 1. The molecule has 26 heavy (non-hydrogen) atoms. The smallest absolute Gasteiger partial charge is 0.315 e. The zero-order chi connectivity index (χ0) is 18.4. The topological polar surface area (TPSA) is 132 Å². The highest BCUT2D eigenvalue weighted by atomic mass is 16.6. The minimum absolute atomic E-state index is 0.0418. The molecule has 2 heterocycles. The molecule has 1 atom stereocenters. The maximum atomic E-state index is 12.6. The molecule has 0 spiro atoms. The summed E-state index contributed by atoms with van der Waals surface area (Å²) in [6, 6.07) is 2.05. The van der Waals surface area contributed by atoms with Crippen LogP contribution in [0.5, 0.6) is 11.5 Å². The van der Waals surface area contributed by atoms with Crippen LogP contribution in [-0.2, 0) is 4.79 Å². The van der Waals surface area contributed by atoms with E-state index in [-0.39, 0.29) is 11.5 Å². The minimum atomic E-state index is -0.692. The van der Waals surface area contributed by atoms with Crippen molar-refractivity contribution in [3.63, 3.8) is 0 Å². The summed E-state index contributed by atoms with van der Waals surface area (Å²) in [5.41, 5.74) is 1.19. The number of ether oxygens (including phenoxy) is 1. The van der Waals surface area contributed by atoms with Crippen molar-refractivity contribution in [2.75, 3.05) is 12.4 Å². The average Bonchev–Trinajstić information content (AvgIpc) is 3.08. The summed E-state index contributed by atoms with van der Waals surface area (Å²) in [4.78, 5) is 27.4. The summed E-state index contributed by atoms with van der Waals surface area (Å²) >= 11 is 0. The molecule has 0 amide bonds. The van der Waals surface area contributed by atoms with E-state index in [1.807, 2.05) is 0 Å². The number of anilines is 1. The van der Waals surface area contributed by atoms with E-state index in [0.29, 0.717) is 29.9 Å². The van der Waals surface area contributed by atoms with Gasteiger partial charge in [-0.05, 0) is 24.5 Å². The van der Waals surface area contributed by atoms with Gasteiger partial charge in [-0.25, -0.2) is 4.68 Å². The van der Waals surface area contributed by atoms with Gasteiger partial charge in [0.15, 0.2) is 11.5 Å². The Kier molecular flexibility index (Phi) is 3.60. The molecule has 0 bridgehead atoms. The van der Waals surface area contributed by atoms with Gasteiger partial charge in [0, 0.05) is 23.8 Å². The van der Waals surface area contributed by atoms with Gasteiger partial charge in [-0.3, -0.25) is 14.9 Å². The van der Waals surface area contributed by atoms with Gasteiger partial charge in [0.05, 0.1) is 12.0 Å². The number of rotatable bonds is 3. The van der Waals surface area contributed by atoms with Crippen LogP contribution in [0.3, 0.4) is 0 Å². The summed E-state index contributed by atoms with van der Waals surface area (Å²) in [6.07, 6.45) is 3.16. The molecular formula is C16H15N5O5. The lowest BCUT2D eigenvalue weighted by atomic mass is 9.85. The van der Waals surface area contributed by atoms with Gasteiger partial charge < -0.3 is 15.2 Å². The third-order valence-electron chi connectivity index (χ3n) is 4.62. The van der Waals surface area contributed by atoms with E-state index in [1.54, 1.807) is 0 Å². The largest absolute Gasteiger partial charge is 0.500 e. The van der Waals surface area contributed by atoms with Crippen molar-refractivity contribution in [3.05, 3.63) is 45.4 Å². The Morgan fingerprint density at radius 2 is 2.23 bits per heavy atom. The number of phenolic OH excluding ortho intramolecular Hbond substituents is 1. The van der Waals surface area contributed by atoms with Crippen molar-refractivity contribution in [2.45, 2.75) is 25.3 Å². The Balaban J connectivity index is 1.96. The standard InChI is InChI=1S/C16H15N5O5/c1-26-12-6-8(5-10(15(12)23)21(24)25)14-13-9(3-2-4-11(13)22)19-16-17-7-18-20(14)16/h5-7,14,23H,2-4H2,1H3,(H,17,18,19). The fourth-order valence-corrected chi connectivity index (χ4v) is 3.47. The number of benzene rings is 1. The number of nitrogens with zero attached hydrogens (tertiary/aromatic N) is 4. The van der Waals surface area contributed by atoms with E-state index < -0.39 is 22.4 Å². The van der Waals surface area contributed by atoms with Gasteiger partial charge in [0.1, 0.15) is 12.4 Å². The molecule has 1 aromatic carbocycles. The number of aromatic nitrogens is 3. The van der Waals surface area contributed by atoms with Crippen molar-refractivity contribution in [1.29, 1.82) is 0 Å². The summed E-state index contributed by atoms with van der Waals surface area (Å²) < 4.78 is 6.59. The number of Topliss-reactive ketones (excluding diaryl/α,β-unsaturated/α-hetero) is 1. The van der Waals surface area contributed by atoms with Gasteiger partial charge in [-0.1, -0.05) is 0 Å². The first kappa shape index (κ1) is 16.1. The van der Waals surface area contributed by atoms with Crippen LogP contribution in [0.2, 0.25) is 0 Å². The van der Waals surface area contributed by atoms with Gasteiger partial charge >= 0.3 is 5.69 Å². The molecule has 0 saturated heterocycles. The quantitative estimate of drug-likeness (QED) is 0.629. The second-order valence-electron chi connectivity index (χ2n) is 6.07. The number of allylic oxidation sites excluding steroid dienone is 2. The van der Waals surface area contributed by atoms with Crippen molar-refractivity contribution in [1.82, 2.24) is 14.8 Å². The normalized spacial score (nSPS) is 18.8. The second-order valence-corrected chi connectivity index (χ2v) is 6.07. The number of nitrogens with one attached hydrogen (secondary N) is 1. The monoisotopic (exact) mass is 357 g/mol. The first-order valence-corrected chi connectivity index (χ1v) is 7.99. The number of phenols is 1. The summed E-state index contributed by atoms with van der Waals surface area (Å²) in [7, 11) is 1.31. The van der Waals surface area contributed by atoms with E-state index in [4.69, 9.17) is 4.74 Å². The van der Waals surface area contributed by atoms with Crippen LogP contribution in [0.15, 0.2) is 29.7 Å². The van der Waals surface area contributed by atoms with Crippen LogP contribution in [0.4, 0.5) is 11.6 Å². The van der Waals surface area contributed by atoms with E-state index >= 15 is 0 Å². The maximum Gasteiger partial charge on any atom is 0.315 e. The first-order valence-electron chi connectivity index (χ1n) is 7.99. The lowest BCUT2D eigenvalue weighted by Gasteiger charge is -2.32. The van der Waals surface area contributed by atoms with E-state index in [1.165, 1.54) is 30.3 Å². The zero-order valence-corrected chi connectivity index (χ0v) is 13.8. The average molecular weight is 357 g/mol. The molecule has 0 radical (unpaired) electrons. The molecular weight excluding hydrogens is 342 g/mol. The first-order chi connectivity index (χ1) is 12.5. The molecule has 0 saturated carbocycles. The molecule has 4 rings (SSSR count). The Hall–Kier alpha value is -3.43. The Bertz CT molecular complexity index is 964. The van der Waals surface area contributed by atoms with Gasteiger partial charge in [0.2, 0.25) is 11.7 Å². The van der Waals surface area contributed by atoms with E-state index in [2.05, 4.69) is 15.4 Å². The number of hydrogen-bond donors (Lipinski definition) is 2. The Morgan fingerprint density at radius 1 is 1.42 bits per heavy atom. The van der Waals surface area contributed by atoms with Gasteiger partial charge in [-0.2, -0.15) is 10.1 Å². The SMILES string of the molecule is COc1cc(C2C3=C(CCCC3=O)Nc3ncnn32)cc([N+](=O)[O-])c1O. The fraction of sp³-hybridized carbons (Fsp3) is 0.312. The molecule has 1 aromatic heterocycles. The number of fused-ring (bicyclic) bond motifs is 1. The molecule has 134 valence electrons. The number of aromatic hydroxyl groups is 1. The molecule has 1 aliphatic heterocycles. The van der Waals surface area contributed by atoms with E-state index in [0.717, 1.165) is 12.1 Å². The Labute approximate surface area is 147 Å². The van der Waals surface area contributed by atoms with Gasteiger partial charge in [-0.15, -0.1) is 0 Å². The lowest BCUT2D eigenvalue weighted by molar-refractivity contribution is -0.386. The number of ketones is 1. The predicted molar refractivity (Wildman–Crippen MR) is 89.0 cm³/mol. The number of nitro groups is 1. The zero-order valence-electron chi connectivity index (χ0n) is 13.8. The summed E-state index contributed by atoms with van der Waals surface area (Å²) in [6.45, 7) is 0. The molecule has 10 heteroatoms. The highest BCUT2D eigenvalue weighted by Crippen LogP contribution is 2.44. The number of carbonyl (C=O) groups excluding carboxylic acids is 1. The third-order valence-corrected chi connectivity index (χ3v) is 4.62.